The topological polar surface area (TPSA) is 61.4 Å². The number of carbonyl (C=O) groups excluding carboxylic acids is 2. The summed E-state index contributed by atoms with van der Waals surface area (Å²) < 4.78 is 35.5. The molecule has 0 fully saturated rings. The smallest absolute Gasteiger partial charge is 0.355 e. The van der Waals surface area contributed by atoms with Gasteiger partial charge in [0, 0.05) is 6.54 Å². The molecule has 0 aliphatic rings. The quantitative estimate of drug-likeness (QED) is 0.638. The van der Waals surface area contributed by atoms with Crippen LogP contribution in [0.25, 0.3) is 0 Å². The molecule has 0 aromatic heterocycles. The fourth-order valence-electron chi connectivity index (χ4n) is 1.39. The van der Waals surface area contributed by atoms with E-state index < -0.39 is 24.5 Å². The lowest BCUT2D eigenvalue weighted by molar-refractivity contribution is -0.173. The van der Waals surface area contributed by atoms with Crippen LogP contribution in [-0.2, 0) is 9.59 Å². The van der Waals surface area contributed by atoms with Gasteiger partial charge in [-0.15, -0.1) is 0 Å². The number of nitrogens with zero attached hydrogens (tertiary/aromatic N) is 1. The zero-order valence-corrected chi connectivity index (χ0v) is 11.1. The lowest BCUT2D eigenvalue weighted by Gasteiger charge is -2.17. The van der Waals surface area contributed by atoms with Crippen LogP contribution >= 0.6 is 0 Å². The maximum absolute atomic E-state index is 11.8. The van der Waals surface area contributed by atoms with E-state index in [0.717, 1.165) is 19.6 Å². The third-order valence-corrected chi connectivity index (χ3v) is 2.53. The molecule has 0 atom stereocenters. The van der Waals surface area contributed by atoms with Crippen LogP contribution in [0.15, 0.2) is 0 Å². The maximum Gasteiger partial charge on any atom is 0.471 e. The summed E-state index contributed by atoms with van der Waals surface area (Å²) in [5, 5.41) is 3.95. The number of hydrogen-bond donors (Lipinski definition) is 2. The fraction of sp³-hybridized carbons (Fsp3) is 0.818. The molecule has 0 saturated heterocycles. The first kappa shape index (κ1) is 17.7. The number of amides is 2. The number of rotatable bonds is 8. The summed E-state index contributed by atoms with van der Waals surface area (Å²) in [7, 11) is 0. The number of alkyl halides is 3. The summed E-state index contributed by atoms with van der Waals surface area (Å²) in [5.41, 5.74) is 0. The summed E-state index contributed by atoms with van der Waals surface area (Å²) >= 11 is 0. The summed E-state index contributed by atoms with van der Waals surface area (Å²) in [5.74, 6) is -2.73. The van der Waals surface area contributed by atoms with Gasteiger partial charge in [0.1, 0.15) is 0 Å². The molecule has 112 valence electrons. The lowest BCUT2D eigenvalue weighted by Crippen LogP contribution is -2.43. The first-order chi connectivity index (χ1) is 8.81. The third kappa shape index (κ3) is 8.41. The molecule has 0 rings (SSSR count). The van der Waals surface area contributed by atoms with Crippen molar-refractivity contribution in [2.24, 2.45) is 0 Å². The molecule has 0 saturated carbocycles. The van der Waals surface area contributed by atoms with Gasteiger partial charge in [-0.2, -0.15) is 13.2 Å². The van der Waals surface area contributed by atoms with E-state index in [-0.39, 0.29) is 0 Å². The van der Waals surface area contributed by atoms with Crippen molar-refractivity contribution in [2.45, 2.75) is 26.4 Å². The molecule has 0 bridgehead atoms. The molecule has 0 aromatic rings. The Morgan fingerprint density at radius 2 is 1.68 bits per heavy atom. The molecule has 2 amide bonds. The third-order valence-electron chi connectivity index (χ3n) is 2.53. The van der Waals surface area contributed by atoms with Gasteiger partial charge in [-0.05, 0) is 26.1 Å². The Morgan fingerprint density at radius 3 is 2.16 bits per heavy atom. The van der Waals surface area contributed by atoms with E-state index in [1.165, 1.54) is 5.32 Å². The second kappa shape index (κ2) is 8.73. The first-order valence-corrected chi connectivity index (χ1v) is 6.15. The minimum absolute atomic E-state index is 0.372. The van der Waals surface area contributed by atoms with Crippen LogP contribution in [0.3, 0.4) is 0 Å². The minimum atomic E-state index is -4.96. The molecular weight excluding hydrogens is 263 g/mol. The van der Waals surface area contributed by atoms with E-state index in [9.17, 15) is 22.8 Å². The molecule has 5 nitrogen and oxygen atoms in total. The van der Waals surface area contributed by atoms with Crippen molar-refractivity contribution in [3.8, 4) is 0 Å². The zero-order chi connectivity index (χ0) is 14.9. The van der Waals surface area contributed by atoms with Gasteiger partial charge in [0.15, 0.2) is 0 Å². The average Bonchev–Trinajstić information content (AvgIpc) is 2.35. The van der Waals surface area contributed by atoms with E-state index in [1.54, 1.807) is 0 Å². The highest BCUT2D eigenvalue weighted by molar-refractivity contribution is 5.87. The average molecular weight is 283 g/mol. The summed E-state index contributed by atoms with van der Waals surface area (Å²) in [4.78, 5) is 23.8. The molecule has 0 aromatic carbocycles. The SMILES string of the molecule is CCN(CC)CCCNC(=O)CNC(=O)C(F)(F)F. The second-order valence-corrected chi connectivity index (χ2v) is 3.91. The summed E-state index contributed by atoms with van der Waals surface area (Å²) in [6.45, 7) is 6.38. The number of nitrogens with one attached hydrogen (secondary N) is 2. The van der Waals surface area contributed by atoms with Gasteiger partial charge in [0.25, 0.3) is 0 Å². The van der Waals surface area contributed by atoms with Crippen molar-refractivity contribution in [3.05, 3.63) is 0 Å². The molecule has 0 unspecified atom stereocenters. The molecule has 8 heteroatoms. The Labute approximate surface area is 110 Å². The highest BCUT2D eigenvalue weighted by atomic mass is 19.4. The first-order valence-electron chi connectivity index (χ1n) is 6.15. The summed E-state index contributed by atoms with van der Waals surface area (Å²) in [6.07, 6.45) is -4.25. The van der Waals surface area contributed by atoms with Crippen LogP contribution in [0.4, 0.5) is 13.2 Å². The lowest BCUT2D eigenvalue weighted by atomic mass is 10.3. The van der Waals surface area contributed by atoms with Gasteiger partial charge in [-0.1, -0.05) is 13.8 Å². The normalized spacial score (nSPS) is 11.5. The van der Waals surface area contributed by atoms with Crippen molar-refractivity contribution in [3.63, 3.8) is 0 Å². The van der Waals surface area contributed by atoms with Crippen LogP contribution in [0, 0.1) is 0 Å². The number of halogens is 3. The molecule has 0 radical (unpaired) electrons. The zero-order valence-electron chi connectivity index (χ0n) is 11.1. The van der Waals surface area contributed by atoms with Gasteiger partial charge >= 0.3 is 12.1 Å². The molecule has 0 spiro atoms. The van der Waals surface area contributed by atoms with Gasteiger partial charge in [0.05, 0.1) is 6.54 Å². The Bertz CT molecular complexity index is 291. The Balaban J connectivity index is 3.69. The number of carbonyl (C=O) groups is 2. The van der Waals surface area contributed by atoms with E-state index in [0.29, 0.717) is 13.0 Å². The van der Waals surface area contributed by atoms with Crippen LogP contribution in [0.2, 0.25) is 0 Å². The maximum atomic E-state index is 11.8. The van der Waals surface area contributed by atoms with E-state index >= 15 is 0 Å². The molecule has 19 heavy (non-hydrogen) atoms. The Hall–Kier alpha value is -1.31. The van der Waals surface area contributed by atoms with Crippen molar-refractivity contribution >= 4 is 11.8 Å². The highest BCUT2D eigenvalue weighted by Gasteiger charge is 2.38. The highest BCUT2D eigenvalue weighted by Crippen LogP contribution is 2.13. The minimum Gasteiger partial charge on any atom is -0.355 e. The van der Waals surface area contributed by atoms with Gasteiger partial charge in [-0.25, -0.2) is 0 Å². The standard InChI is InChI=1S/C11H20F3N3O2/c1-3-17(4-2)7-5-6-15-9(18)8-16-10(19)11(12,13)14/h3-8H2,1-2H3,(H,15,18)(H,16,19). The fourth-order valence-corrected chi connectivity index (χ4v) is 1.39. The van der Waals surface area contributed by atoms with Crippen LogP contribution < -0.4 is 10.6 Å². The summed E-state index contributed by atoms with van der Waals surface area (Å²) in [6, 6.07) is 0. The van der Waals surface area contributed by atoms with Crippen LogP contribution in [-0.4, -0.2) is 55.6 Å². The van der Waals surface area contributed by atoms with Crippen molar-refractivity contribution in [1.82, 2.24) is 15.5 Å². The molecule has 0 aliphatic heterocycles. The van der Waals surface area contributed by atoms with Crippen molar-refractivity contribution in [2.75, 3.05) is 32.7 Å². The molecule has 0 aliphatic carbocycles. The number of hydrogen-bond acceptors (Lipinski definition) is 3. The monoisotopic (exact) mass is 283 g/mol. The molecular formula is C11H20F3N3O2. The van der Waals surface area contributed by atoms with Crippen molar-refractivity contribution < 1.29 is 22.8 Å². The van der Waals surface area contributed by atoms with Gasteiger partial charge in [-0.3, -0.25) is 9.59 Å². The Morgan fingerprint density at radius 1 is 1.11 bits per heavy atom. The predicted octanol–water partition coefficient (Wildman–Crippen LogP) is 0.513. The Kier molecular flexibility index (Phi) is 8.13. The second-order valence-electron chi connectivity index (χ2n) is 3.91. The van der Waals surface area contributed by atoms with Gasteiger partial charge < -0.3 is 15.5 Å². The predicted molar refractivity (Wildman–Crippen MR) is 64.5 cm³/mol. The van der Waals surface area contributed by atoms with E-state index in [2.05, 4.69) is 10.2 Å². The van der Waals surface area contributed by atoms with Gasteiger partial charge in [0.2, 0.25) is 5.91 Å². The van der Waals surface area contributed by atoms with Crippen LogP contribution in [0.1, 0.15) is 20.3 Å². The van der Waals surface area contributed by atoms with E-state index in [4.69, 9.17) is 0 Å². The van der Waals surface area contributed by atoms with Crippen LogP contribution in [0.5, 0.6) is 0 Å². The van der Waals surface area contributed by atoms with E-state index in [1.807, 2.05) is 13.8 Å². The molecule has 2 N–H and O–H groups in total. The van der Waals surface area contributed by atoms with Crippen molar-refractivity contribution in [1.29, 1.82) is 0 Å². The largest absolute Gasteiger partial charge is 0.471 e. The molecule has 0 heterocycles.